The van der Waals surface area contributed by atoms with Crippen LogP contribution in [0.25, 0.3) is 0 Å². The van der Waals surface area contributed by atoms with E-state index < -0.39 is 0 Å². The van der Waals surface area contributed by atoms with Gasteiger partial charge in [0.2, 0.25) is 0 Å². The molecule has 1 heteroatoms. The summed E-state index contributed by atoms with van der Waals surface area (Å²) in [6.45, 7) is 12.5. The first kappa shape index (κ1) is 12.2. The molecule has 84 valence electrons. The highest BCUT2D eigenvalue weighted by Crippen LogP contribution is 2.47. The molecule has 0 bridgehead atoms. The third-order valence-electron chi connectivity index (χ3n) is 3.80. The van der Waals surface area contributed by atoms with E-state index in [-0.39, 0.29) is 17.1 Å². The molecule has 1 nitrogen and oxygen atoms in total. The third-order valence-corrected chi connectivity index (χ3v) is 3.80. The lowest BCUT2D eigenvalue weighted by Gasteiger charge is -2.43. The second-order valence-electron chi connectivity index (χ2n) is 5.22. The minimum absolute atomic E-state index is 0.0474. The van der Waals surface area contributed by atoms with Crippen molar-refractivity contribution in [2.24, 2.45) is 17.3 Å². The van der Waals surface area contributed by atoms with E-state index in [1.807, 2.05) is 13.0 Å². The van der Waals surface area contributed by atoms with Crippen molar-refractivity contribution in [1.29, 1.82) is 0 Å². The average Bonchev–Trinajstić information content (AvgIpc) is 2.12. The lowest BCUT2D eigenvalue weighted by Crippen LogP contribution is -2.39. The zero-order chi connectivity index (χ0) is 11.6. The molecule has 1 fully saturated rings. The van der Waals surface area contributed by atoms with Gasteiger partial charge in [-0.3, -0.25) is 4.79 Å². The Hall–Kier alpha value is -0.850. The van der Waals surface area contributed by atoms with Gasteiger partial charge in [0.05, 0.1) is 0 Å². The zero-order valence-electron chi connectivity index (χ0n) is 10.3. The van der Waals surface area contributed by atoms with E-state index in [0.29, 0.717) is 5.92 Å². The molecule has 0 aromatic rings. The Balaban J connectivity index is 3.00. The van der Waals surface area contributed by atoms with Gasteiger partial charge in [0.15, 0.2) is 5.78 Å². The SMILES string of the molecule is C=C1CC[C@@H](C)[C@H](C(=O)/C=C/C)C1(C)C. The van der Waals surface area contributed by atoms with E-state index in [4.69, 9.17) is 0 Å². The predicted molar refractivity (Wildman–Crippen MR) is 64.6 cm³/mol. The van der Waals surface area contributed by atoms with Crippen LogP contribution in [-0.4, -0.2) is 5.78 Å². The van der Waals surface area contributed by atoms with E-state index >= 15 is 0 Å². The van der Waals surface area contributed by atoms with Crippen molar-refractivity contribution in [3.05, 3.63) is 24.3 Å². The molecule has 2 atom stereocenters. The molecular formula is C14H22O. The predicted octanol–water partition coefficient (Wildman–Crippen LogP) is 3.76. The molecule has 0 unspecified atom stereocenters. The summed E-state index contributed by atoms with van der Waals surface area (Å²) in [6.07, 6.45) is 5.70. The highest BCUT2D eigenvalue weighted by Gasteiger charge is 2.42. The van der Waals surface area contributed by atoms with Crippen LogP contribution in [0.4, 0.5) is 0 Å². The summed E-state index contributed by atoms with van der Waals surface area (Å²) >= 11 is 0. The fraction of sp³-hybridized carbons (Fsp3) is 0.643. The molecule has 15 heavy (non-hydrogen) atoms. The standard InChI is InChI=1S/C14H22O/c1-6-7-12(15)13-10(2)8-9-11(3)14(13,4)5/h6-7,10,13H,3,8-9H2,1-2,4-5H3/b7-6+/t10-,13-/m1/s1. The molecule has 1 aliphatic carbocycles. The van der Waals surface area contributed by atoms with E-state index in [9.17, 15) is 4.79 Å². The first-order chi connectivity index (χ1) is 6.91. The van der Waals surface area contributed by atoms with Gasteiger partial charge < -0.3 is 0 Å². The molecule has 1 rings (SSSR count). The lowest BCUT2D eigenvalue weighted by molar-refractivity contribution is -0.123. The van der Waals surface area contributed by atoms with Crippen molar-refractivity contribution in [2.75, 3.05) is 0 Å². The van der Waals surface area contributed by atoms with Gasteiger partial charge in [0.25, 0.3) is 0 Å². The van der Waals surface area contributed by atoms with Crippen molar-refractivity contribution in [3.63, 3.8) is 0 Å². The Kier molecular flexibility index (Phi) is 3.54. The Labute approximate surface area is 93.3 Å². The minimum atomic E-state index is -0.0474. The Morgan fingerprint density at radius 1 is 1.53 bits per heavy atom. The summed E-state index contributed by atoms with van der Waals surface area (Å²) in [5.41, 5.74) is 1.18. The van der Waals surface area contributed by atoms with E-state index in [1.54, 1.807) is 6.08 Å². The first-order valence-corrected chi connectivity index (χ1v) is 5.76. The van der Waals surface area contributed by atoms with Crippen LogP contribution in [0, 0.1) is 17.3 Å². The summed E-state index contributed by atoms with van der Waals surface area (Å²) in [5.74, 6) is 0.833. The van der Waals surface area contributed by atoms with Crippen LogP contribution in [0.1, 0.15) is 40.5 Å². The number of hydrogen-bond donors (Lipinski definition) is 0. The third kappa shape index (κ3) is 2.22. The highest BCUT2D eigenvalue weighted by atomic mass is 16.1. The van der Waals surface area contributed by atoms with Crippen molar-refractivity contribution < 1.29 is 4.79 Å². The molecular weight excluding hydrogens is 184 g/mol. The minimum Gasteiger partial charge on any atom is -0.295 e. The van der Waals surface area contributed by atoms with Crippen molar-refractivity contribution >= 4 is 5.78 Å². The van der Waals surface area contributed by atoms with Gasteiger partial charge in [-0.05, 0) is 37.2 Å². The maximum Gasteiger partial charge on any atom is 0.159 e. The number of hydrogen-bond acceptors (Lipinski definition) is 1. The Morgan fingerprint density at radius 2 is 2.13 bits per heavy atom. The molecule has 0 aromatic heterocycles. The van der Waals surface area contributed by atoms with Gasteiger partial charge in [0, 0.05) is 5.92 Å². The topological polar surface area (TPSA) is 17.1 Å². The quantitative estimate of drug-likeness (QED) is 0.496. The number of carbonyl (C=O) groups excluding carboxylic acids is 1. The van der Waals surface area contributed by atoms with Crippen LogP contribution in [0.15, 0.2) is 24.3 Å². The van der Waals surface area contributed by atoms with Crippen molar-refractivity contribution in [1.82, 2.24) is 0 Å². The maximum atomic E-state index is 12.0. The number of ketones is 1. The fourth-order valence-electron chi connectivity index (χ4n) is 2.73. The second kappa shape index (κ2) is 4.34. The first-order valence-electron chi connectivity index (χ1n) is 5.76. The Bertz CT molecular complexity index is 296. The summed E-state index contributed by atoms with van der Waals surface area (Å²) in [4.78, 5) is 12.0. The largest absolute Gasteiger partial charge is 0.295 e. The summed E-state index contributed by atoms with van der Waals surface area (Å²) < 4.78 is 0. The van der Waals surface area contributed by atoms with E-state index in [0.717, 1.165) is 12.8 Å². The molecule has 0 radical (unpaired) electrons. The number of rotatable bonds is 2. The summed E-state index contributed by atoms with van der Waals surface area (Å²) in [7, 11) is 0. The zero-order valence-corrected chi connectivity index (χ0v) is 10.3. The monoisotopic (exact) mass is 206 g/mol. The second-order valence-corrected chi connectivity index (χ2v) is 5.22. The van der Waals surface area contributed by atoms with Crippen LogP contribution >= 0.6 is 0 Å². The molecule has 0 saturated heterocycles. The molecule has 0 aromatic carbocycles. The van der Waals surface area contributed by atoms with Gasteiger partial charge in [-0.1, -0.05) is 39.0 Å². The summed E-state index contributed by atoms with van der Waals surface area (Å²) in [6, 6.07) is 0. The molecule has 0 heterocycles. The fourth-order valence-corrected chi connectivity index (χ4v) is 2.73. The highest BCUT2D eigenvalue weighted by molar-refractivity contribution is 5.92. The maximum absolute atomic E-state index is 12.0. The molecule has 0 amide bonds. The van der Waals surface area contributed by atoms with Crippen LogP contribution in [0.5, 0.6) is 0 Å². The lowest BCUT2D eigenvalue weighted by atomic mass is 9.60. The van der Waals surface area contributed by atoms with Gasteiger partial charge in [0.1, 0.15) is 0 Å². The Morgan fingerprint density at radius 3 is 2.67 bits per heavy atom. The van der Waals surface area contributed by atoms with E-state index in [2.05, 4.69) is 27.4 Å². The molecule has 0 aliphatic heterocycles. The van der Waals surface area contributed by atoms with Crippen molar-refractivity contribution in [3.8, 4) is 0 Å². The molecule has 0 spiro atoms. The van der Waals surface area contributed by atoms with Crippen LogP contribution in [0.3, 0.4) is 0 Å². The normalized spacial score (nSPS) is 30.8. The van der Waals surface area contributed by atoms with Gasteiger partial charge in [-0.25, -0.2) is 0 Å². The molecule has 1 saturated carbocycles. The van der Waals surface area contributed by atoms with Crippen LogP contribution < -0.4 is 0 Å². The average molecular weight is 206 g/mol. The number of allylic oxidation sites excluding steroid dienone is 3. The van der Waals surface area contributed by atoms with Crippen molar-refractivity contribution in [2.45, 2.75) is 40.5 Å². The molecule has 1 aliphatic rings. The smallest absolute Gasteiger partial charge is 0.159 e. The summed E-state index contributed by atoms with van der Waals surface area (Å²) in [5, 5.41) is 0. The number of carbonyl (C=O) groups is 1. The van der Waals surface area contributed by atoms with Gasteiger partial charge in [-0.2, -0.15) is 0 Å². The van der Waals surface area contributed by atoms with Gasteiger partial charge >= 0.3 is 0 Å². The van der Waals surface area contributed by atoms with Crippen LogP contribution in [0.2, 0.25) is 0 Å². The van der Waals surface area contributed by atoms with Gasteiger partial charge in [-0.15, -0.1) is 0 Å². The van der Waals surface area contributed by atoms with E-state index in [1.165, 1.54) is 5.57 Å². The van der Waals surface area contributed by atoms with Crippen LogP contribution in [-0.2, 0) is 4.79 Å². The molecule has 0 N–H and O–H groups in total.